The molecule has 7 nitrogen and oxygen atoms in total. The topological polar surface area (TPSA) is 71.8 Å². The number of rotatable bonds is 3. The number of carbonyl (C=O) groups excluding carboxylic acids is 2. The third-order valence-electron chi connectivity index (χ3n) is 6.65. The highest BCUT2D eigenvalue weighted by Crippen LogP contribution is 2.36. The van der Waals surface area contributed by atoms with E-state index in [1.807, 2.05) is 39.8 Å². The molecule has 3 aliphatic rings. The number of ether oxygens (including phenoxy) is 1. The largest absolute Gasteiger partial charge is 0.497 e. The molecule has 3 atom stereocenters. The van der Waals surface area contributed by atoms with Crippen molar-refractivity contribution in [3.63, 3.8) is 0 Å². The Morgan fingerprint density at radius 1 is 1.00 bits per heavy atom. The Labute approximate surface area is 174 Å². The van der Waals surface area contributed by atoms with E-state index < -0.39 is 0 Å². The van der Waals surface area contributed by atoms with Gasteiger partial charge in [0.2, 0.25) is 11.8 Å². The second kappa shape index (κ2) is 7.31. The molecule has 0 aliphatic carbocycles. The standard InChI is InChI=1S/C23H25N3O4/c1-30-19-7-5-18(6-8-19)25-14-17(10-22(25)28)23(29)24-11-15-9-16(13-24)20-3-2-4-21(27)26(20)12-15/h2-8,15-17H,9-14H2,1H3/t15-,16+,17+/m0/s1. The van der Waals surface area contributed by atoms with E-state index in [2.05, 4.69) is 0 Å². The molecule has 2 saturated heterocycles. The maximum atomic E-state index is 13.3. The van der Waals surface area contributed by atoms with Crippen molar-refractivity contribution in [1.29, 1.82) is 0 Å². The van der Waals surface area contributed by atoms with E-state index in [0.717, 1.165) is 23.6 Å². The van der Waals surface area contributed by atoms with E-state index in [1.54, 1.807) is 24.1 Å². The molecule has 0 spiro atoms. The van der Waals surface area contributed by atoms with Crippen LogP contribution in [0, 0.1) is 11.8 Å². The Hall–Kier alpha value is -3.09. The number of benzene rings is 1. The quantitative estimate of drug-likeness (QED) is 0.779. The zero-order valence-electron chi connectivity index (χ0n) is 17.0. The van der Waals surface area contributed by atoms with Gasteiger partial charge in [-0.05, 0) is 42.7 Å². The molecule has 30 heavy (non-hydrogen) atoms. The van der Waals surface area contributed by atoms with Crippen molar-refractivity contribution in [3.8, 4) is 5.75 Å². The van der Waals surface area contributed by atoms with Gasteiger partial charge in [-0.1, -0.05) is 6.07 Å². The van der Waals surface area contributed by atoms with Crippen molar-refractivity contribution in [2.24, 2.45) is 11.8 Å². The van der Waals surface area contributed by atoms with Gasteiger partial charge in [0.05, 0.1) is 13.0 Å². The molecule has 4 heterocycles. The number of hydrogen-bond acceptors (Lipinski definition) is 4. The van der Waals surface area contributed by atoms with E-state index in [4.69, 9.17) is 4.74 Å². The first-order chi connectivity index (χ1) is 14.5. The minimum atomic E-state index is -0.323. The molecule has 7 heteroatoms. The molecule has 0 unspecified atom stereocenters. The number of fused-ring (bicyclic) bond motifs is 4. The van der Waals surface area contributed by atoms with E-state index in [0.29, 0.717) is 26.2 Å². The summed E-state index contributed by atoms with van der Waals surface area (Å²) in [6.45, 7) is 2.35. The number of pyridine rings is 1. The second-order valence-electron chi connectivity index (χ2n) is 8.54. The van der Waals surface area contributed by atoms with E-state index in [-0.39, 0.29) is 41.5 Å². The maximum Gasteiger partial charge on any atom is 0.250 e. The molecule has 2 fully saturated rings. The molecular formula is C23H25N3O4. The Balaban J connectivity index is 1.31. The first kappa shape index (κ1) is 18.9. The maximum absolute atomic E-state index is 13.3. The summed E-state index contributed by atoms with van der Waals surface area (Å²) in [7, 11) is 1.60. The van der Waals surface area contributed by atoms with Crippen molar-refractivity contribution >= 4 is 17.5 Å². The summed E-state index contributed by atoms with van der Waals surface area (Å²) in [4.78, 5) is 41.7. The predicted molar refractivity (Wildman–Crippen MR) is 112 cm³/mol. The van der Waals surface area contributed by atoms with Crippen LogP contribution in [0.25, 0.3) is 0 Å². The van der Waals surface area contributed by atoms with Gasteiger partial charge < -0.3 is 19.1 Å². The number of piperidine rings is 1. The van der Waals surface area contributed by atoms with E-state index in [9.17, 15) is 14.4 Å². The molecule has 3 aliphatic heterocycles. The van der Waals surface area contributed by atoms with Crippen LogP contribution in [0.1, 0.15) is 24.5 Å². The smallest absolute Gasteiger partial charge is 0.250 e. The fourth-order valence-electron chi connectivity index (χ4n) is 5.22. The third-order valence-corrected chi connectivity index (χ3v) is 6.65. The van der Waals surface area contributed by atoms with Gasteiger partial charge in [0.25, 0.3) is 5.56 Å². The van der Waals surface area contributed by atoms with Gasteiger partial charge in [0.15, 0.2) is 0 Å². The molecule has 0 N–H and O–H groups in total. The minimum absolute atomic E-state index is 0.0207. The lowest BCUT2D eigenvalue weighted by molar-refractivity contribution is -0.138. The molecule has 2 amide bonds. The summed E-state index contributed by atoms with van der Waals surface area (Å²) in [5.74, 6) is 0.919. The van der Waals surface area contributed by atoms with Gasteiger partial charge in [-0.25, -0.2) is 0 Å². The number of hydrogen-bond donors (Lipinski definition) is 0. The molecular weight excluding hydrogens is 382 g/mol. The Kier molecular flexibility index (Phi) is 4.60. The highest BCUT2D eigenvalue weighted by atomic mass is 16.5. The molecule has 2 aromatic rings. The minimum Gasteiger partial charge on any atom is -0.497 e. The van der Waals surface area contributed by atoms with Gasteiger partial charge >= 0.3 is 0 Å². The van der Waals surface area contributed by atoms with Gasteiger partial charge in [-0.15, -0.1) is 0 Å². The first-order valence-corrected chi connectivity index (χ1v) is 10.5. The first-order valence-electron chi connectivity index (χ1n) is 10.5. The SMILES string of the molecule is COc1ccc(N2C[C@H](C(=O)N3C[C@@H]4C[C@H](C3)c3cccc(=O)n3C4)CC2=O)cc1. The second-order valence-corrected chi connectivity index (χ2v) is 8.54. The number of nitrogens with zero attached hydrogens (tertiary/aromatic N) is 3. The molecule has 2 bridgehead atoms. The van der Waals surface area contributed by atoms with Gasteiger partial charge in [-0.3, -0.25) is 14.4 Å². The van der Waals surface area contributed by atoms with Crippen LogP contribution in [0.15, 0.2) is 47.3 Å². The zero-order valence-corrected chi connectivity index (χ0v) is 17.0. The van der Waals surface area contributed by atoms with Crippen LogP contribution >= 0.6 is 0 Å². The van der Waals surface area contributed by atoms with Gasteiger partial charge in [0.1, 0.15) is 5.75 Å². The van der Waals surface area contributed by atoms with Crippen LogP contribution in [-0.4, -0.2) is 48.0 Å². The summed E-state index contributed by atoms with van der Waals surface area (Å²) in [6.07, 6.45) is 1.25. The normalized spacial score (nSPS) is 25.2. The highest BCUT2D eigenvalue weighted by Gasteiger charge is 2.41. The van der Waals surface area contributed by atoms with Crippen LogP contribution in [-0.2, 0) is 16.1 Å². The van der Waals surface area contributed by atoms with Crippen molar-refractivity contribution in [2.75, 3.05) is 31.6 Å². The lowest BCUT2D eigenvalue weighted by Gasteiger charge is -2.43. The molecule has 5 rings (SSSR count). The van der Waals surface area contributed by atoms with Crippen molar-refractivity contribution in [1.82, 2.24) is 9.47 Å². The molecule has 0 radical (unpaired) electrons. The highest BCUT2D eigenvalue weighted by molar-refractivity contribution is 6.00. The van der Waals surface area contributed by atoms with Crippen LogP contribution in [0.4, 0.5) is 5.69 Å². The monoisotopic (exact) mass is 407 g/mol. The molecule has 1 aromatic carbocycles. The summed E-state index contributed by atoms with van der Waals surface area (Å²) in [5.41, 5.74) is 1.86. The lowest BCUT2D eigenvalue weighted by Crippen LogP contribution is -2.50. The Morgan fingerprint density at radius 2 is 1.80 bits per heavy atom. The molecule has 1 aromatic heterocycles. The molecule has 0 saturated carbocycles. The summed E-state index contributed by atoms with van der Waals surface area (Å²) in [6, 6.07) is 12.8. The zero-order chi connectivity index (χ0) is 20.8. The fraction of sp³-hybridized carbons (Fsp3) is 0.435. The van der Waals surface area contributed by atoms with Crippen LogP contribution in [0.2, 0.25) is 0 Å². The lowest BCUT2D eigenvalue weighted by atomic mass is 9.82. The number of methoxy groups -OCH3 is 1. The third kappa shape index (κ3) is 3.18. The van der Waals surface area contributed by atoms with E-state index in [1.165, 1.54) is 0 Å². The summed E-state index contributed by atoms with van der Waals surface area (Å²) in [5, 5.41) is 0. The van der Waals surface area contributed by atoms with Crippen LogP contribution < -0.4 is 15.2 Å². The fourth-order valence-corrected chi connectivity index (χ4v) is 5.22. The Morgan fingerprint density at radius 3 is 2.57 bits per heavy atom. The number of aromatic nitrogens is 1. The average molecular weight is 407 g/mol. The van der Waals surface area contributed by atoms with Crippen LogP contribution in [0.3, 0.4) is 0 Å². The van der Waals surface area contributed by atoms with E-state index >= 15 is 0 Å². The summed E-state index contributed by atoms with van der Waals surface area (Å²) >= 11 is 0. The number of carbonyl (C=O) groups is 2. The number of anilines is 1. The summed E-state index contributed by atoms with van der Waals surface area (Å²) < 4.78 is 7.05. The predicted octanol–water partition coefficient (Wildman–Crippen LogP) is 1.86. The van der Waals surface area contributed by atoms with Crippen molar-refractivity contribution < 1.29 is 14.3 Å². The average Bonchev–Trinajstić information content (AvgIpc) is 3.15. The van der Waals surface area contributed by atoms with Gasteiger partial charge in [-0.2, -0.15) is 0 Å². The van der Waals surface area contributed by atoms with Crippen molar-refractivity contribution in [3.05, 3.63) is 58.5 Å². The van der Waals surface area contributed by atoms with Crippen molar-refractivity contribution in [2.45, 2.75) is 25.3 Å². The Bertz CT molecular complexity index is 1050. The van der Waals surface area contributed by atoms with Crippen LogP contribution in [0.5, 0.6) is 5.75 Å². The van der Waals surface area contributed by atoms with Gasteiger partial charge in [0, 0.05) is 56.0 Å². The number of likely N-dealkylation sites (tertiary alicyclic amines) is 1. The number of amides is 2. The molecule has 156 valence electrons.